The first-order chi connectivity index (χ1) is 10.5. The molecule has 0 bridgehead atoms. The summed E-state index contributed by atoms with van der Waals surface area (Å²) in [4.78, 5) is 12.4. The van der Waals surface area contributed by atoms with Gasteiger partial charge in [-0.1, -0.05) is 31.8 Å². The Kier molecular flexibility index (Phi) is 6.00. The number of nitrogens with zero attached hydrogens (tertiary/aromatic N) is 1. The van der Waals surface area contributed by atoms with Gasteiger partial charge in [0.05, 0.1) is 11.8 Å². The number of hydrogen-bond donors (Lipinski definition) is 1. The summed E-state index contributed by atoms with van der Waals surface area (Å²) < 4.78 is 11.2. The van der Waals surface area contributed by atoms with E-state index in [1.807, 2.05) is 20.8 Å². The minimum absolute atomic E-state index is 0.0410. The van der Waals surface area contributed by atoms with E-state index in [-0.39, 0.29) is 18.1 Å². The number of amides is 1. The molecule has 2 rings (SSSR count). The summed E-state index contributed by atoms with van der Waals surface area (Å²) in [7, 11) is 0. The normalized spacial score (nSPS) is 23.3. The average Bonchev–Trinajstić information content (AvgIpc) is 2.81. The summed E-state index contributed by atoms with van der Waals surface area (Å²) in [5.41, 5.74) is 1.78. The third-order valence-electron chi connectivity index (χ3n) is 4.53. The second kappa shape index (κ2) is 7.77. The van der Waals surface area contributed by atoms with Crippen molar-refractivity contribution in [3.63, 3.8) is 0 Å². The van der Waals surface area contributed by atoms with Gasteiger partial charge in [-0.2, -0.15) is 0 Å². The van der Waals surface area contributed by atoms with Gasteiger partial charge in [-0.25, -0.2) is 0 Å². The molecule has 1 N–H and O–H groups in total. The van der Waals surface area contributed by atoms with Gasteiger partial charge in [-0.15, -0.1) is 0 Å². The minimum Gasteiger partial charge on any atom is -0.365 e. The Morgan fingerprint density at radius 3 is 2.82 bits per heavy atom. The van der Waals surface area contributed by atoms with Crippen LogP contribution in [0.3, 0.4) is 0 Å². The van der Waals surface area contributed by atoms with Crippen LogP contribution in [0.4, 0.5) is 0 Å². The van der Waals surface area contributed by atoms with Crippen LogP contribution in [0.15, 0.2) is 4.52 Å². The fourth-order valence-corrected chi connectivity index (χ4v) is 3.12. The van der Waals surface area contributed by atoms with Crippen LogP contribution in [0.1, 0.15) is 63.0 Å². The summed E-state index contributed by atoms with van der Waals surface area (Å²) in [5.74, 6) is 1.41. The standard InChI is InChI=1S/C17H28N2O3/c1-5-16(21-14-8-6-7-11(2)9-14)17(20)18-10-15-12(3)19-22-13(15)4/h11,14,16H,5-10H2,1-4H3,(H,18,20)/t11-,14+,16-/m0/s1. The summed E-state index contributed by atoms with van der Waals surface area (Å²) in [6.45, 7) is 8.44. The Bertz CT molecular complexity index is 479. The lowest BCUT2D eigenvalue weighted by molar-refractivity contribution is -0.139. The highest BCUT2D eigenvalue weighted by atomic mass is 16.5. The number of hydrogen-bond acceptors (Lipinski definition) is 4. The molecule has 5 nitrogen and oxygen atoms in total. The Hall–Kier alpha value is -1.36. The minimum atomic E-state index is -0.365. The van der Waals surface area contributed by atoms with Gasteiger partial charge in [-0.05, 0) is 39.0 Å². The number of ether oxygens (including phenoxy) is 1. The molecule has 0 aliphatic heterocycles. The van der Waals surface area contributed by atoms with Crippen LogP contribution >= 0.6 is 0 Å². The fourth-order valence-electron chi connectivity index (χ4n) is 3.12. The van der Waals surface area contributed by atoms with Crippen LogP contribution < -0.4 is 5.32 Å². The highest BCUT2D eigenvalue weighted by molar-refractivity contribution is 5.80. The summed E-state index contributed by atoms with van der Waals surface area (Å²) in [6.07, 6.45) is 5.15. The Balaban J connectivity index is 1.86. The van der Waals surface area contributed by atoms with Gasteiger partial charge >= 0.3 is 0 Å². The predicted octanol–water partition coefficient (Wildman–Crippen LogP) is 3.28. The molecule has 0 saturated heterocycles. The van der Waals surface area contributed by atoms with Gasteiger partial charge in [0.25, 0.3) is 0 Å². The first kappa shape index (κ1) is 17.0. The number of aryl methyl sites for hydroxylation is 2. The highest BCUT2D eigenvalue weighted by Gasteiger charge is 2.26. The topological polar surface area (TPSA) is 64.4 Å². The van der Waals surface area contributed by atoms with E-state index < -0.39 is 0 Å². The lowest BCUT2D eigenvalue weighted by Gasteiger charge is -2.29. The molecule has 1 amide bonds. The smallest absolute Gasteiger partial charge is 0.249 e. The summed E-state index contributed by atoms with van der Waals surface area (Å²) in [6, 6.07) is 0. The van der Waals surface area contributed by atoms with Gasteiger partial charge in [0, 0.05) is 12.1 Å². The quantitative estimate of drug-likeness (QED) is 0.876. The maximum Gasteiger partial charge on any atom is 0.249 e. The van der Waals surface area contributed by atoms with Crippen molar-refractivity contribution < 1.29 is 14.1 Å². The van der Waals surface area contributed by atoms with E-state index in [1.54, 1.807) is 0 Å². The SMILES string of the molecule is CC[C@H](O[C@@H]1CCC[C@H](C)C1)C(=O)NCc1c(C)noc1C. The molecule has 1 heterocycles. The van der Waals surface area contributed by atoms with Crippen LogP contribution in [-0.2, 0) is 16.1 Å². The van der Waals surface area contributed by atoms with E-state index in [9.17, 15) is 4.79 Å². The van der Waals surface area contributed by atoms with Crippen molar-refractivity contribution in [2.45, 2.75) is 78.6 Å². The molecule has 124 valence electrons. The van der Waals surface area contributed by atoms with Gasteiger partial charge in [0.2, 0.25) is 5.91 Å². The molecule has 0 aromatic carbocycles. The van der Waals surface area contributed by atoms with Crippen LogP contribution in [0.5, 0.6) is 0 Å². The largest absolute Gasteiger partial charge is 0.365 e. The molecule has 22 heavy (non-hydrogen) atoms. The Morgan fingerprint density at radius 2 is 2.23 bits per heavy atom. The lowest BCUT2D eigenvalue weighted by atomic mass is 9.88. The molecule has 1 aliphatic rings. The van der Waals surface area contributed by atoms with Crippen LogP contribution in [0.25, 0.3) is 0 Å². The first-order valence-electron chi connectivity index (χ1n) is 8.36. The predicted molar refractivity (Wildman–Crippen MR) is 84.4 cm³/mol. The molecule has 1 aliphatic carbocycles. The Labute approximate surface area is 132 Å². The van der Waals surface area contributed by atoms with Crippen LogP contribution in [-0.4, -0.2) is 23.3 Å². The third kappa shape index (κ3) is 4.32. The van der Waals surface area contributed by atoms with Crippen molar-refractivity contribution in [2.24, 2.45) is 5.92 Å². The maximum absolute atomic E-state index is 12.4. The molecule has 1 fully saturated rings. The second-order valence-electron chi connectivity index (χ2n) is 6.45. The molecular weight excluding hydrogens is 280 g/mol. The van der Waals surface area contributed by atoms with Crippen molar-refractivity contribution in [2.75, 3.05) is 0 Å². The molecule has 1 aromatic rings. The molecule has 0 spiro atoms. The van der Waals surface area contributed by atoms with Gasteiger partial charge in [-0.3, -0.25) is 4.79 Å². The monoisotopic (exact) mass is 308 g/mol. The Morgan fingerprint density at radius 1 is 1.45 bits per heavy atom. The highest BCUT2D eigenvalue weighted by Crippen LogP contribution is 2.27. The molecule has 5 heteroatoms. The van der Waals surface area contributed by atoms with E-state index >= 15 is 0 Å². The van der Waals surface area contributed by atoms with Crippen molar-refractivity contribution in [3.05, 3.63) is 17.0 Å². The lowest BCUT2D eigenvalue weighted by Crippen LogP contribution is -2.39. The van der Waals surface area contributed by atoms with Crippen molar-refractivity contribution in [1.82, 2.24) is 10.5 Å². The van der Waals surface area contributed by atoms with Crippen molar-refractivity contribution in [3.8, 4) is 0 Å². The molecule has 1 aromatic heterocycles. The van der Waals surface area contributed by atoms with Gasteiger partial charge < -0.3 is 14.6 Å². The maximum atomic E-state index is 12.4. The average molecular weight is 308 g/mol. The zero-order chi connectivity index (χ0) is 16.1. The number of rotatable bonds is 6. The van der Waals surface area contributed by atoms with Crippen LogP contribution in [0.2, 0.25) is 0 Å². The molecule has 3 atom stereocenters. The van der Waals surface area contributed by atoms with Crippen LogP contribution in [0, 0.1) is 19.8 Å². The third-order valence-corrected chi connectivity index (χ3v) is 4.53. The molecule has 1 saturated carbocycles. The van der Waals surface area contributed by atoms with E-state index in [0.29, 0.717) is 18.9 Å². The first-order valence-corrected chi connectivity index (χ1v) is 8.36. The zero-order valence-corrected chi connectivity index (χ0v) is 14.1. The molecule has 0 unspecified atom stereocenters. The summed E-state index contributed by atoms with van der Waals surface area (Å²) in [5, 5.41) is 6.86. The van der Waals surface area contributed by atoms with E-state index in [0.717, 1.165) is 29.9 Å². The van der Waals surface area contributed by atoms with E-state index in [2.05, 4.69) is 17.4 Å². The number of carbonyl (C=O) groups excluding carboxylic acids is 1. The van der Waals surface area contributed by atoms with Gasteiger partial charge in [0.1, 0.15) is 11.9 Å². The number of aromatic nitrogens is 1. The second-order valence-corrected chi connectivity index (χ2v) is 6.45. The van der Waals surface area contributed by atoms with E-state index in [4.69, 9.17) is 9.26 Å². The molecular formula is C17H28N2O3. The van der Waals surface area contributed by atoms with Crippen molar-refractivity contribution in [1.29, 1.82) is 0 Å². The fraction of sp³-hybridized carbons (Fsp3) is 0.765. The van der Waals surface area contributed by atoms with E-state index in [1.165, 1.54) is 12.8 Å². The summed E-state index contributed by atoms with van der Waals surface area (Å²) >= 11 is 0. The molecule has 0 radical (unpaired) electrons. The van der Waals surface area contributed by atoms with Gasteiger partial charge in [0.15, 0.2) is 0 Å². The number of nitrogens with one attached hydrogen (secondary N) is 1. The number of carbonyl (C=O) groups is 1. The zero-order valence-electron chi connectivity index (χ0n) is 14.1. The van der Waals surface area contributed by atoms with Crippen molar-refractivity contribution >= 4 is 5.91 Å².